The second kappa shape index (κ2) is 6.99. The Kier molecular flexibility index (Phi) is 5.58. The number of sulfone groups is 1. The van der Waals surface area contributed by atoms with Crippen molar-refractivity contribution in [3.05, 3.63) is 28.8 Å². The fourth-order valence-electron chi connectivity index (χ4n) is 2.59. The zero-order valence-electron chi connectivity index (χ0n) is 13.3. The van der Waals surface area contributed by atoms with Crippen LogP contribution in [-0.2, 0) is 24.7 Å². The van der Waals surface area contributed by atoms with Gasteiger partial charge in [0.1, 0.15) is 0 Å². The molecule has 1 aliphatic rings. The SMILES string of the molecule is Cc1c(Cl)cccc1NC(=O)CN(C1CCS(=O)(=O)C1)S(C)(=O)=O. The number of rotatable bonds is 5. The van der Waals surface area contributed by atoms with E-state index in [2.05, 4.69) is 5.32 Å². The van der Waals surface area contributed by atoms with Crippen LogP contribution in [0.3, 0.4) is 0 Å². The van der Waals surface area contributed by atoms with Gasteiger partial charge >= 0.3 is 0 Å². The molecule has 0 saturated carbocycles. The van der Waals surface area contributed by atoms with Gasteiger partial charge in [0.05, 0.1) is 24.3 Å². The van der Waals surface area contributed by atoms with Crippen molar-refractivity contribution >= 4 is 43.1 Å². The second-order valence-corrected chi connectivity index (χ2v) is 10.4. The number of nitrogens with one attached hydrogen (secondary N) is 1. The number of benzene rings is 1. The molecule has 1 N–H and O–H groups in total. The minimum atomic E-state index is -3.72. The van der Waals surface area contributed by atoms with Gasteiger partial charge in [-0.05, 0) is 31.0 Å². The Morgan fingerprint density at radius 2 is 2.08 bits per heavy atom. The van der Waals surface area contributed by atoms with Gasteiger partial charge in [-0.15, -0.1) is 0 Å². The van der Waals surface area contributed by atoms with E-state index in [1.54, 1.807) is 25.1 Å². The van der Waals surface area contributed by atoms with Crippen molar-refractivity contribution in [1.82, 2.24) is 4.31 Å². The molecule has 0 radical (unpaired) electrons. The summed E-state index contributed by atoms with van der Waals surface area (Å²) in [4.78, 5) is 12.2. The number of halogens is 1. The number of hydrogen-bond acceptors (Lipinski definition) is 5. The third kappa shape index (κ3) is 4.69. The largest absolute Gasteiger partial charge is 0.325 e. The molecule has 1 aliphatic heterocycles. The molecule has 1 saturated heterocycles. The van der Waals surface area contributed by atoms with Gasteiger partial charge in [0.25, 0.3) is 0 Å². The van der Waals surface area contributed by atoms with Crippen molar-refractivity contribution in [1.29, 1.82) is 0 Å². The number of carbonyl (C=O) groups is 1. The lowest BCUT2D eigenvalue weighted by molar-refractivity contribution is -0.116. The van der Waals surface area contributed by atoms with E-state index < -0.39 is 38.4 Å². The summed E-state index contributed by atoms with van der Waals surface area (Å²) >= 11 is 5.99. The Bertz CT molecular complexity index is 852. The Balaban J connectivity index is 2.15. The van der Waals surface area contributed by atoms with Gasteiger partial charge in [0.2, 0.25) is 15.9 Å². The smallest absolute Gasteiger partial charge is 0.239 e. The Labute approximate surface area is 147 Å². The molecule has 2 rings (SSSR count). The standard InChI is InChI=1S/C14H19ClN2O5S2/c1-10-12(15)4-3-5-13(10)16-14(18)8-17(23(2,19)20)11-6-7-24(21,22)9-11/h3-5,11H,6-9H2,1-2H3,(H,16,18). The molecule has 1 atom stereocenters. The average Bonchev–Trinajstić information content (AvgIpc) is 2.80. The number of nitrogens with zero attached hydrogens (tertiary/aromatic N) is 1. The first-order chi connectivity index (χ1) is 11.0. The number of hydrogen-bond donors (Lipinski definition) is 1. The van der Waals surface area contributed by atoms with E-state index in [0.29, 0.717) is 16.3 Å². The van der Waals surface area contributed by atoms with Crippen LogP contribution in [-0.4, -0.2) is 57.4 Å². The van der Waals surface area contributed by atoms with E-state index in [-0.39, 0.29) is 17.9 Å². The lowest BCUT2D eigenvalue weighted by Crippen LogP contribution is -2.44. The summed E-state index contributed by atoms with van der Waals surface area (Å²) in [7, 11) is -6.99. The summed E-state index contributed by atoms with van der Waals surface area (Å²) in [5.74, 6) is -0.877. The van der Waals surface area contributed by atoms with E-state index in [1.165, 1.54) is 0 Å². The molecule has 24 heavy (non-hydrogen) atoms. The molecule has 0 spiro atoms. The van der Waals surface area contributed by atoms with Gasteiger partial charge in [-0.1, -0.05) is 17.7 Å². The summed E-state index contributed by atoms with van der Waals surface area (Å²) in [6.07, 6.45) is 1.16. The molecular formula is C14H19ClN2O5S2. The Morgan fingerprint density at radius 1 is 1.42 bits per heavy atom. The Morgan fingerprint density at radius 3 is 2.62 bits per heavy atom. The molecule has 1 heterocycles. The highest BCUT2D eigenvalue weighted by Gasteiger charge is 2.37. The molecule has 0 aromatic heterocycles. The van der Waals surface area contributed by atoms with Gasteiger partial charge in [0, 0.05) is 16.8 Å². The maximum absolute atomic E-state index is 12.2. The van der Waals surface area contributed by atoms with E-state index in [4.69, 9.17) is 11.6 Å². The van der Waals surface area contributed by atoms with E-state index >= 15 is 0 Å². The molecule has 1 aromatic carbocycles. The van der Waals surface area contributed by atoms with Crippen molar-refractivity contribution in [2.45, 2.75) is 19.4 Å². The highest BCUT2D eigenvalue weighted by molar-refractivity contribution is 7.92. The van der Waals surface area contributed by atoms with Gasteiger partial charge in [-0.25, -0.2) is 16.8 Å². The van der Waals surface area contributed by atoms with Gasteiger partial charge < -0.3 is 5.32 Å². The van der Waals surface area contributed by atoms with Crippen molar-refractivity contribution in [3.8, 4) is 0 Å². The van der Waals surface area contributed by atoms with Crippen molar-refractivity contribution in [3.63, 3.8) is 0 Å². The maximum atomic E-state index is 12.2. The zero-order chi connectivity index (χ0) is 18.1. The van der Waals surface area contributed by atoms with Crippen LogP contribution >= 0.6 is 11.6 Å². The molecule has 0 aliphatic carbocycles. The van der Waals surface area contributed by atoms with E-state index in [1.807, 2.05) is 0 Å². The predicted molar refractivity (Wildman–Crippen MR) is 93.4 cm³/mol. The molecule has 1 unspecified atom stereocenters. The van der Waals surface area contributed by atoms with Crippen LogP contribution in [0.4, 0.5) is 5.69 Å². The molecule has 0 bridgehead atoms. The highest BCUT2D eigenvalue weighted by atomic mass is 35.5. The molecular weight excluding hydrogens is 376 g/mol. The number of anilines is 1. The quantitative estimate of drug-likeness (QED) is 0.804. The van der Waals surface area contributed by atoms with Gasteiger partial charge in [-0.2, -0.15) is 4.31 Å². The molecule has 1 aromatic rings. The summed E-state index contributed by atoms with van der Waals surface area (Å²) < 4.78 is 48.1. The second-order valence-electron chi connectivity index (χ2n) is 5.83. The molecule has 134 valence electrons. The van der Waals surface area contributed by atoms with Crippen LogP contribution in [0.1, 0.15) is 12.0 Å². The third-order valence-electron chi connectivity index (χ3n) is 3.88. The van der Waals surface area contributed by atoms with Crippen LogP contribution in [0.5, 0.6) is 0 Å². The maximum Gasteiger partial charge on any atom is 0.239 e. The molecule has 1 amide bonds. The third-order valence-corrected chi connectivity index (χ3v) is 7.32. The zero-order valence-corrected chi connectivity index (χ0v) is 15.7. The van der Waals surface area contributed by atoms with Crippen molar-refractivity contribution < 1.29 is 21.6 Å². The fraction of sp³-hybridized carbons (Fsp3) is 0.500. The van der Waals surface area contributed by atoms with Crippen LogP contribution < -0.4 is 5.32 Å². The minimum absolute atomic E-state index is 0.0707. The summed E-state index contributed by atoms with van der Waals surface area (Å²) in [5.41, 5.74) is 1.15. The summed E-state index contributed by atoms with van der Waals surface area (Å²) in [6, 6.07) is 4.29. The van der Waals surface area contributed by atoms with Crippen molar-refractivity contribution in [2.24, 2.45) is 0 Å². The van der Waals surface area contributed by atoms with Crippen LogP contribution in [0, 0.1) is 6.92 Å². The van der Waals surface area contributed by atoms with Crippen LogP contribution in [0.25, 0.3) is 0 Å². The topological polar surface area (TPSA) is 101 Å². The molecule has 1 fully saturated rings. The molecule has 10 heteroatoms. The first-order valence-corrected chi connectivity index (χ1v) is 11.3. The Hall–Kier alpha value is -1.16. The number of sulfonamides is 1. The first kappa shape index (κ1) is 19.2. The number of amides is 1. The lowest BCUT2D eigenvalue weighted by Gasteiger charge is -2.25. The van der Waals surface area contributed by atoms with Gasteiger partial charge in [-0.3, -0.25) is 4.79 Å². The van der Waals surface area contributed by atoms with Gasteiger partial charge in [0.15, 0.2) is 9.84 Å². The number of carbonyl (C=O) groups excluding carboxylic acids is 1. The minimum Gasteiger partial charge on any atom is -0.325 e. The first-order valence-electron chi connectivity index (χ1n) is 7.22. The molecule has 7 nitrogen and oxygen atoms in total. The van der Waals surface area contributed by atoms with Crippen LogP contribution in [0.2, 0.25) is 5.02 Å². The summed E-state index contributed by atoms with van der Waals surface area (Å²) in [6.45, 7) is 1.29. The van der Waals surface area contributed by atoms with Crippen LogP contribution in [0.15, 0.2) is 18.2 Å². The highest BCUT2D eigenvalue weighted by Crippen LogP contribution is 2.24. The normalized spacial score (nSPS) is 20.2. The lowest BCUT2D eigenvalue weighted by atomic mass is 10.2. The summed E-state index contributed by atoms with van der Waals surface area (Å²) in [5, 5.41) is 3.10. The fourth-order valence-corrected chi connectivity index (χ4v) is 5.67. The van der Waals surface area contributed by atoms with E-state index in [0.717, 1.165) is 10.6 Å². The predicted octanol–water partition coefficient (Wildman–Crippen LogP) is 1.04. The van der Waals surface area contributed by atoms with Crippen molar-refractivity contribution in [2.75, 3.05) is 29.6 Å². The van der Waals surface area contributed by atoms with E-state index in [9.17, 15) is 21.6 Å². The average molecular weight is 395 g/mol. The monoisotopic (exact) mass is 394 g/mol.